The molecule has 0 heterocycles. The summed E-state index contributed by atoms with van der Waals surface area (Å²) in [7, 11) is 4.02. The number of halogens is 1. The largest absolute Gasteiger partial charge is 0.322 e. The van der Waals surface area contributed by atoms with Gasteiger partial charge in [0.1, 0.15) is 0 Å². The highest BCUT2D eigenvalue weighted by Gasteiger charge is 2.10. The molecule has 0 bridgehead atoms. The Labute approximate surface area is 134 Å². The van der Waals surface area contributed by atoms with Gasteiger partial charge in [0.2, 0.25) is 0 Å². The maximum Gasteiger partial charge on any atom is 0.255 e. The zero-order valence-corrected chi connectivity index (χ0v) is 14.1. The molecule has 0 spiro atoms. The molecule has 0 aliphatic heterocycles. The average molecular weight is 347 g/mol. The molecule has 0 aliphatic carbocycles. The zero-order chi connectivity index (χ0) is 15.4. The van der Waals surface area contributed by atoms with Crippen molar-refractivity contribution in [3.8, 4) is 0 Å². The minimum absolute atomic E-state index is 0.0863. The summed E-state index contributed by atoms with van der Waals surface area (Å²) in [5, 5.41) is 3.00. The Hall–Kier alpha value is -1.65. The lowest BCUT2D eigenvalue weighted by Crippen LogP contribution is -2.16. The van der Waals surface area contributed by atoms with Crippen molar-refractivity contribution >= 4 is 27.5 Å². The van der Waals surface area contributed by atoms with Crippen molar-refractivity contribution in [2.24, 2.45) is 0 Å². The molecule has 0 fully saturated rings. The maximum atomic E-state index is 12.4. The van der Waals surface area contributed by atoms with Crippen LogP contribution in [0.15, 0.2) is 46.9 Å². The van der Waals surface area contributed by atoms with Crippen LogP contribution in [0.1, 0.15) is 21.5 Å². The molecule has 0 atom stereocenters. The molecule has 21 heavy (non-hydrogen) atoms. The van der Waals surface area contributed by atoms with Crippen LogP contribution in [0.5, 0.6) is 0 Å². The minimum Gasteiger partial charge on any atom is -0.322 e. The lowest BCUT2D eigenvalue weighted by Gasteiger charge is -2.15. The second kappa shape index (κ2) is 6.87. The van der Waals surface area contributed by atoms with Gasteiger partial charge in [-0.15, -0.1) is 0 Å². The molecule has 2 aromatic carbocycles. The lowest BCUT2D eigenvalue weighted by molar-refractivity contribution is 0.102. The van der Waals surface area contributed by atoms with Crippen LogP contribution < -0.4 is 5.32 Å². The quantitative estimate of drug-likeness (QED) is 0.904. The Morgan fingerprint density at radius 1 is 1.19 bits per heavy atom. The van der Waals surface area contributed by atoms with Crippen molar-refractivity contribution in [1.29, 1.82) is 0 Å². The van der Waals surface area contributed by atoms with E-state index in [2.05, 4.69) is 26.1 Å². The highest BCUT2D eigenvalue weighted by molar-refractivity contribution is 9.10. The number of para-hydroxylation sites is 1. The highest BCUT2D eigenvalue weighted by Crippen LogP contribution is 2.20. The van der Waals surface area contributed by atoms with Gasteiger partial charge in [-0.1, -0.05) is 34.1 Å². The van der Waals surface area contributed by atoms with Gasteiger partial charge in [0.05, 0.1) is 0 Å². The fraction of sp³-hybridized carbons (Fsp3) is 0.235. The van der Waals surface area contributed by atoms with Crippen LogP contribution in [0.3, 0.4) is 0 Å². The molecule has 0 aliphatic rings. The third kappa shape index (κ3) is 4.16. The normalized spacial score (nSPS) is 10.7. The molecule has 3 nitrogen and oxygen atoms in total. The minimum atomic E-state index is -0.0863. The average Bonchev–Trinajstić information content (AvgIpc) is 2.43. The Balaban J connectivity index is 2.21. The Morgan fingerprint density at radius 2 is 1.90 bits per heavy atom. The van der Waals surface area contributed by atoms with Gasteiger partial charge in [0.25, 0.3) is 5.91 Å². The Bertz CT molecular complexity index is 653. The van der Waals surface area contributed by atoms with E-state index in [0.29, 0.717) is 5.56 Å². The summed E-state index contributed by atoms with van der Waals surface area (Å²) >= 11 is 3.45. The Morgan fingerprint density at radius 3 is 2.57 bits per heavy atom. The van der Waals surface area contributed by atoms with E-state index in [9.17, 15) is 4.79 Å². The van der Waals surface area contributed by atoms with Crippen molar-refractivity contribution in [3.63, 3.8) is 0 Å². The zero-order valence-electron chi connectivity index (χ0n) is 12.5. The highest BCUT2D eigenvalue weighted by atomic mass is 79.9. The maximum absolute atomic E-state index is 12.4. The molecule has 2 rings (SSSR count). The first-order valence-electron chi connectivity index (χ1n) is 6.77. The third-order valence-corrected chi connectivity index (χ3v) is 4.06. The summed E-state index contributed by atoms with van der Waals surface area (Å²) in [5.74, 6) is -0.0863. The van der Waals surface area contributed by atoms with Crippen molar-refractivity contribution in [1.82, 2.24) is 4.90 Å². The van der Waals surface area contributed by atoms with Gasteiger partial charge in [-0.25, -0.2) is 0 Å². The first kappa shape index (κ1) is 15.7. The number of carbonyl (C=O) groups excluding carboxylic acids is 1. The SMILES string of the molecule is Cc1cc(C(=O)Nc2ccccc2CN(C)C)ccc1Br. The fourth-order valence-electron chi connectivity index (χ4n) is 2.10. The second-order valence-corrected chi connectivity index (χ2v) is 6.17. The predicted octanol–water partition coefficient (Wildman–Crippen LogP) is 4.07. The topological polar surface area (TPSA) is 32.3 Å². The summed E-state index contributed by atoms with van der Waals surface area (Å²) in [5.41, 5.74) is 3.67. The van der Waals surface area contributed by atoms with Gasteiger partial charge in [0.15, 0.2) is 0 Å². The molecule has 4 heteroatoms. The molecular weight excluding hydrogens is 328 g/mol. The molecule has 0 saturated heterocycles. The summed E-state index contributed by atoms with van der Waals surface area (Å²) in [6.45, 7) is 2.76. The van der Waals surface area contributed by atoms with E-state index in [1.165, 1.54) is 0 Å². The second-order valence-electron chi connectivity index (χ2n) is 5.31. The van der Waals surface area contributed by atoms with Gasteiger partial charge in [-0.3, -0.25) is 4.79 Å². The molecule has 110 valence electrons. The van der Waals surface area contributed by atoms with Gasteiger partial charge >= 0.3 is 0 Å². The van der Waals surface area contributed by atoms with Gasteiger partial charge in [0, 0.05) is 22.3 Å². The molecule has 0 radical (unpaired) electrons. The third-order valence-electron chi connectivity index (χ3n) is 3.17. The van der Waals surface area contributed by atoms with Gasteiger partial charge in [-0.2, -0.15) is 0 Å². The molecule has 0 saturated carbocycles. The molecule has 0 aromatic heterocycles. The van der Waals surface area contributed by atoms with Crippen LogP contribution in [0.4, 0.5) is 5.69 Å². The van der Waals surface area contributed by atoms with Gasteiger partial charge in [-0.05, 0) is 56.4 Å². The van der Waals surface area contributed by atoms with Crippen LogP contribution in [-0.2, 0) is 6.54 Å². The van der Waals surface area contributed by atoms with E-state index in [-0.39, 0.29) is 5.91 Å². The monoisotopic (exact) mass is 346 g/mol. The molecule has 1 N–H and O–H groups in total. The number of carbonyl (C=O) groups is 1. The number of amides is 1. The van der Waals surface area contributed by atoms with E-state index >= 15 is 0 Å². The van der Waals surface area contributed by atoms with Crippen LogP contribution in [0.2, 0.25) is 0 Å². The van der Waals surface area contributed by atoms with Crippen molar-refractivity contribution in [2.45, 2.75) is 13.5 Å². The van der Waals surface area contributed by atoms with Crippen molar-refractivity contribution in [3.05, 3.63) is 63.6 Å². The van der Waals surface area contributed by atoms with Crippen LogP contribution >= 0.6 is 15.9 Å². The number of nitrogens with one attached hydrogen (secondary N) is 1. The smallest absolute Gasteiger partial charge is 0.255 e. The van der Waals surface area contributed by atoms with Crippen LogP contribution in [0, 0.1) is 6.92 Å². The van der Waals surface area contributed by atoms with E-state index in [1.807, 2.05) is 63.5 Å². The van der Waals surface area contributed by atoms with Crippen LogP contribution in [-0.4, -0.2) is 24.9 Å². The van der Waals surface area contributed by atoms with Crippen molar-refractivity contribution in [2.75, 3.05) is 19.4 Å². The molecule has 0 unspecified atom stereocenters. The number of benzene rings is 2. The standard InChI is InChI=1S/C17H19BrN2O/c1-12-10-13(8-9-15(12)18)17(21)19-16-7-5-4-6-14(16)11-20(2)3/h4-10H,11H2,1-3H3,(H,19,21). The number of hydrogen-bond acceptors (Lipinski definition) is 2. The van der Waals surface area contributed by atoms with E-state index in [1.54, 1.807) is 0 Å². The summed E-state index contributed by atoms with van der Waals surface area (Å²) in [6.07, 6.45) is 0. The number of rotatable bonds is 4. The van der Waals surface area contributed by atoms with E-state index in [4.69, 9.17) is 0 Å². The van der Waals surface area contributed by atoms with Crippen molar-refractivity contribution < 1.29 is 4.79 Å². The van der Waals surface area contributed by atoms with E-state index < -0.39 is 0 Å². The predicted molar refractivity (Wildman–Crippen MR) is 90.7 cm³/mol. The Kier molecular flexibility index (Phi) is 5.15. The summed E-state index contributed by atoms with van der Waals surface area (Å²) < 4.78 is 1.01. The summed E-state index contributed by atoms with van der Waals surface area (Å²) in [6, 6.07) is 13.5. The number of hydrogen-bond donors (Lipinski definition) is 1. The number of aryl methyl sites for hydroxylation is 1. The van der Waals surface area contributed by atoms with Gasteiger partial charge < -0.3 is 10.2 Å². The number of anilines is 1. The first-order chi connectivity index (χ1) is 9.97. The fourth-order valence-corrected chi connectivity index (χ4v) is 2.35. The molecular formula is C17H19BrN2O. The van der Waals surface area contributed by atoms with E-state index in [0.717, 1.165) is 27.8 Å². The number of nitrogens with zero attached hydrogens (tertiary/aromatic N) is 1. The molecule has 2 aromatic rings. The summed E-state index contributed by atoms with van der Waals surface area (Å²) in [4.78, 5) is 14.5. The first-order valence-corrected chi connectivity index (χ1v) is 7.57. The van der Waals surface area contributed by atoms with Crippen LogP contribution in [0.25, 0.3) is 0 Å². The molecule has 1 amide bonds. The lowest BCUT2D eigenvalue weighted by atomic mass is 10.1.